The largest absolute Gasteiger partial charge is 0.496 e. The number of rotatable bonds is 3. The normalized spacial score (nSPS) is 10.4. The highest BCUT2D eigenvalue weighted by molar-refractivity contribution is 5.81. The van der Waals surface area contributed by atoms with Gasteiger partial charge < -0.3 is 10.5 Å². The molecule has 0 aliphatic rings. The van der Waals surface area contributed by atoms with Crippen LogP contribution in [0.15, 0.2) is 47.4 Å². The summed E-state index contributed by atoms with van der Waals surface area (Å²) in [6.45, 7) is 0. The fraction of sp³-hybridized carbons (Fsp3) is 0.0667. The molecule has 0 aliphatic carbocycles. The lowest BCUT2D eigenvalue weighted by Crippen LogP contribution is -2.07. The maximum absolute atomic E-state index is 11.2. The van der Waals surface area contributed by atoms with Crippen LogP contribution in [0, 0.1) is 0 Å². The van der Waals surface area contributed by atoms with Crippen molar-refractivity contribution in [3.05, 3.63) is 52.9 Å². The Bertz CT molecular complexity index is 855. The van der Waals surface area contributed by atoms with Crippen LogP contribution in [0.5, 0.6) is 5.75 Å². The molecule has 110 valence electrons. The molecule has 3 aromatic rings. The maximum atomic E-state index is 11.2. The van der Waals surface area contributed by atoms with Gasteiger partial charge in [0, 0.05) is 23.4 Å². The lowest BCUT2D eigenvalue weighted by molar-refractivity contribution is 0.416. The summed E-state index contributed by atoms with van der Waals surface area (Å²) in [5, 5.41) is 6.42. The van der Waals surface area contributed by atoms with Crippen molar-refractivity contribution in [2.24, 2.45) is 0 Å². The first kappa shape index (κ1) is 13.7. The number of hydrogen-bond donors (Lipinski definition) is 2. The molecule has 3 rings (SSSR count). The summed E-state index contributed by atoms with van der Waals surface area (Å²) < 4.78 is 5.37. The molecule has 22 heavy (non-hydrogen) atoms. The number of benzene rings is 1. The maximum Gasteiger partial charge on any atom is 0.264 e. The van der Waals surface area contributed by atoms with Gasteiger partial charge in [0.25, 0.3) is 5.56 Å². The van der Waals surface area contributed by atoms with Gasteiger partial charge in [0.05, 0.1) is 18.5 Å². The molecule has 2 heterocycles. The molecule has 0 unspecified atom stereocenters. The van der Waals surface area contributed by atoms with E-state index in [9.17, 15) is 4.79 Å². The Morgan fingerprint density at radius 3 is 2.68 bits per heavy atom. The molecule has 0 saturated heterocycles. The van der Waals surface area contributed by atoms with Crippen LogP contribution in [0.4, 0.5) is 5.95 Å². The van der Waals surface area contributed by atoms with Gasteiger partial charge in [0.15, 0.2) is 0 Å². The molecule has 0 bridgehead atoms. The van der Waals surface area contributed by atoms with Crippen LogP contribution >= 0.6 is 0 Å². The number of nitrogen functional groups attached to an aromatic ring is 1. The zero-order chi connectivity index (χ0) is 15.5. The van der Waals surface area contributed by atoms with Crippen molar-refractivity contribution in [2.75, 3.05) is 12.8 Å². The summed E-state index contributed by atoms with van der Waals surface area (Å²) in [5.74, 6) is 0.806. The monoisotopic (exact) mass is 295 g/mol. The number of nitrogens with two attached hydrogens (primary N) is 1. The molecule has 0 fully saturated rings. The van der Waals surface area contributed by atoms with E-state index in [1.165, 1.54) is 6.07 Å². The van der Waals surface area contributed by atoms with E-state index in [1.54, 1.807) is 19.4 Å². The number of aromatic nitrogens is 4. The van der Waals surface area contributed by atoms with Crippen molar-refractivity contribution in [3.8, 4) is 28.3 Å². The second-order valence-electron chi connectivity index (χ2n) is 4.50. The van der Waals surface area contributed by atoms with Crippen molar-refractivity contribution in [1.29, 1.82) is 0 Å². The summed E-state index contributed by atoms with van der Waals surface area (Å²) in [5.41, 5.74) is 7.98. The first-order chi connectivity index (χ1) is 10.7. The van der Waals surface area contributed by atoms with Gasteiger partial charge in [-0.25, -0.2) is 15.1 Å². The number of H-pyrrole nitrogens is 1. The number of ether oxygens (including phenoxy) is 1. The van der Waals surface area contributed by atoms with Crippen molar-refractivity contribution in [2.45, 2.75) is 0 Å². The number of methoxy groups -OCH3 is 1. The molecule has 0 atom stereocenters. The fourth-order valence-electron chi connectivity index (χ4n) is 2.12. The SMILES string of the molecule is COc1ccccc1-c1nc(N)ncc1-c1ccc(=O)[nH]n1. The van der Waals surface area contributed by atoms with Crippen molar-refractivity contribution >= 4 is 5.95 Å². The van der Waals surface area contributed by atoms with E-state index in [0.717, 1.165) is 5.56 Å². The third-order valence-electron chi connectivity index (χ3n) is 3.12. The average Bonchev–Trinajstić information content (AvgIpc) is 2.56. The first-order valence-corrected chi connectivity index (χ1v) is 6.51. The van der Waals surface area contributed by atoms with Crippen LogP contribution in [-0.2, 0) is 0 Å². The predicted octanol–water partition coefficient (Wildman–Crippen LogP) is 1.48. The molecule has 7 nitrogen and oxygen atoms in total. The van der Waals surface area contributed by atoms with Crippen molar-refractivity contribution < 1.29 is 4.74 Å². The van der Waals surface area contributed by atoms with Crippen LogP contribution < -0.4 is 16.0 Å². The van der Waals surface area contributed by atoms with E-state index in [0.29, 0.717) is 22.7 Å². The van der Waals surface area contributed by atoms with Crippen LogP contribution in [0.3, 0.4) is 0 Å². The minimum absolute atomic E-state index is 0.147. The minimum atomic E-state index is -0.279. The highest BCUT2D eigenvalue weighted by atomic mass is 16.5. The summed E-state index contributed by atoms with van der Waals surface area (Å²) in [6, 6.07) is 10.4. The minimum Gasteiger partial charge on any atom is -0.496 e. The Labute approximate surface area is 125 Å². The van der Waals surface area contributed by atoms with E-state index in [4.69, 9.17) is 10.5 Å². The van der Waals surface area contributed by atoms with Gasteiger partial charge in [-0.05, 0) is 18.2 Å². The number of anilines is 1. The average molecular weight is 295 g/mol. The Morgan fingerprint density at radius 2 is 1.95 bits per heavy atom. The van der Waals surface area contributed by atoms with Gasteiger partial charge >= 0.3 is 0 Å². The Hall–Kier alpha value is -3.22. The molecule has 0 spiro atoms. The molecular weight excluding hydrogens is 282 g/mol. The third-order valence-corrected chi connectivity index (χ3v) is 3.12. The highest BCUT2D eigenvalue weighted by Gasteiger charge is 2.15. The summed E-state index contributed by atoms with van der Waals surface area (Å²) in [6.07, 6.45) is 1.57. The van der Waals surface area contributed by atoms with Gasteiger partial charge in [-0.1, -0.05) is 12.1 Å². The molecule has 0 radical (unpaired) electrons. The van der Waals surface area contributed by atoms with E-state index < -0.39 is 0 Å². The molecule has 2 aromatic heterocycles. The van der Waals surface area contributed by atoms with Crippen LogP contribution in [0.2, 0.25) is 0 Å². The molecule has 0 amide bonds. The van der Waals surface area contributed by atoms with E-state index in [2.05, 4.69) is 20.2 Å². The van der Waals surface area contributed by atoms with Crippen molar-refractivity contribution in [1.82, 2.24) is 20.2 Å². The summed E-state index contributed by atoms with van der Waals surface area (Å²) in [4.78, 5) is 19.5. The highest BCUT2D eigenvalue weighted by Crippen LogP contribution is 2.34. The topological polar surface area (TPSA) is 107 Å². The van der Waals surface area contributed by atoms with Gasteiger partial charge in [0.1, 0.15) is 5.75 Å². The molecule has 1 aromatic carbocycles. The number of hydrogen-bond acceptors (Lipinski definition) is 6. The van der Waals surface area contributed by atoms with E-state index >= 15 is 0 Å². The van der Waals surface area contributed by atoms with Gasteiger partial charge in [-0.15, -0.1) is 0 Å². The smallest absolute Gasteiger partial charge is 0.264 e. The summed E-state index contributed by atoms with van der Waals surface area (Å²) in [7, 11) is 1.58. The second kappa shape index (κ2) is 5.65. The van der Waals surface area contributed by atoms with Crippen LogP contribution in [-0.4, -0.2) is 27.3 Å². The number of para-hydroxylation sites is 1. The lowest BCUT2D eigenvalue weighted by atomic mass is 10.0. The molecule has 7 heteroatoms. The third kappa shape index (κ3) is 2.51. The lowest BCUT2D eigenvalue weighted by Gasteiger charge is -2.11. The Morgan fingerprint density at radius 1 is 1.14 bits per heavy atom. The second-order valence-corrected chi connectivity index (χ2v) is 4.50. The zero-order valence-electron chi connectivity index (χ0n) is 11.8. The molecule has 0 saturated carbocycles. The predicted molar refractivity (Wildman–Crippen MR) is 82.3 cm³/mol. The number of nitrogens with one attached hydrogen (secondary N) is 1. The van der Waals surface area contributed by atoms with Gasteiger partial charge in [-0.2, -0.15) is 5.10 Å². The number of nitrogens with zero attached hydrogens (tertiary/aromatic N) is 3. The summed E-state index contributed by atoms with van der Waals surface area (Å²) >= 11 is 0. The number of aromatic amines is 1. The quantitative estimate of drug-likeness (QED) is 0.758. The Balaban J connectivity index is 2.25. The van der Waals surface area contributed by atoms with E-state index in [1.807, 2.05) is 24.3 Å². The fourth-order valence-corrected chi connectivity index (χ4v) is 2.12. The van der Waals surface area contributed by atoms with E-state index in [-0.39, 0.29) is 11.5 Å². The zero-order valence-corrected chi connectivity index (χ0v) is 11.8. The molecule has 0 aliphatic heterocycles. The van der Waals surface area contributed by atoms with Crippen LogP contribution in [0.25, 0.3) is 22.5 Å². The van der Waals surface area contributed by atoms with Gasteiger partial charge in [-0.3, -0.25) is 4.79 Å². The van der Waals surface area contributed by atoms with Gasteiger partial charge in [0.2, 0.25) is 5.95 Å². The van der Waals surface area contributed by atoms with Crippen molar-refractivity contribution in [3.63, 3.8) is 0 Å². The standard InChI is InChI=1S/C15H13N5O2/c1-22-12-5-3-2-4-9(12)14-10(8-17-15(16)18-14)11-6-7-13(21)20-19-11/h2-8H,1H3,(H,20,21)(H2,16,17,18). The Kier molecular flexibility index (Phi) is 3.53. The first-order valence-electron chi connectivity index (χ1n) is 6.51. The molecular formula is C15H13N5O2. The molecule has 3 N–H and O–H groups in total. The van der Waals surface area contributed by atoms with Crippen LogP contribution in [0.1, 0.15) is 0 Å².